The summed E-state index contributed by atoms with van der Waals surface area (Å²) in [5.41, 5.74) is 2.89. The summed E-state index contributed by atoms with van der Waals surface area (Å²) in [6, 6.07) is 7.06. The molecule has 3 heteroatoms. The number of fused-ring (bicyclic) bond motifs is 1. The van der Waals surface area contributed by atoms with E-state index in [9.17, 15) is 0 Å². The highest BCUT2D eigenvalue weighted by Crippen LogP contribution is 2.35. The quantitative estimate of drug-likeness (QED) is 0.726. The Bertz CT molecular complexity index is 408. The third-order valence-electron chi connectivity index (χ3n) is 3.81. The van der Waals surface area contributed by atoms with Gasteiger partial charge in [0.2, 0.25) is 0 Å². The number of nitrogens with one attached hydrogen (secondary N) is 1. The second-order valence-corrected chi connectivity index (χ2v) is 6.62. The first kappa shape index (κ1) is 15.7. The number of hydrogen-bond acceptors (Lipinski definition) is 3. The highest BCUT2D eigenvalue weighted by atomic mass is 32.2. The second-order valence-electron chi connectivity index (χ2n) is 5.23. The molecule has 2 rings (SSSR count). The van der Waals surface area contributed by atoms with Crippen LogP contribution in [0, 0.1) is 0 Å². The lowest BCUT2D eigenvalue weighted by molar-refractivity contribution is 0.311. The first-order chi connectivity index (χ1) is 9.86. The Morgan fingerprint density at radius 1 is 1.35 bits per heavy atom. The number of thioether (sulfide) groups is 1. The fourth-order valence-electron chi connectivity index (χ4n) is 2.90. The van der Waals surface area contributed by atoms with Gasteiger partial charge in [0.25, 0.3) is 0 Å². The Labute approximate surface area is 127 Å². The second kappa shape index (κ2) is 8.58. The maximum absolute atomic E-state index is 6.04. The smallest absolute Gasteiger partial charge is 0.122 e. The van der Waals surface area contributed by atoms with Crippen LogP contribution in [-0.2, 0) is 6.42 Å². The molecule has 0 radical (unpaired) electrons. The van der Waals surface area contributed by atoms with Gasteiger partial charge in [0.15, 0.2) is 0 Å². The van der Waals surface area contributed by atoms with Gasteiger partial charge in [-0.2, -0.15) is 11.8 Å². The fourth-order valence-corrected chi connectivity index (χ4v) is 3.51. The predicted molar refractivity (Wildman–Crippen MR) is 88.9 cm³/mol. The first-order valence-electron chi connectivity index (χ1n) is 7.92. The Morgan fingerprint density at radius 2 is 2.25 bits per heavy atom. The van der Waals surface area contributed by atoms with Gasteiger partial charge in [0.05, 0.1) is 6.61 Å². The molecule has 1 unspecified atom stereocenters. The van der Waals surface area contributed by atoms with E-state index in [0.717, 1.165) is 31.7 Å². The van der Waals surface area contributed by atoms with Gasteiger partial charge in [-0.05, 0) is 60.9 Å². The van der Waals surface area contributed by atoms with Gasteiger partial charge in [-0.25, -0.2) is 0 Å². The van der Waals surface area contributed by atoms with Gasteiger partial charge in [-0.3, -0.25) is 0 Å². The van der Waals surface area contributed by atoms with E-state index < -0.39 is 0 Å². The summed E-state index contributed by atoms with van der Waals surface area (Å²) in [6.07, 6.45) is 4.81. The molecule has 1 N–H and O–H groups in total. The minimum atomic E-state index is 0.517. The molecule has 2 nitrogen and oxygen atoms in total. The molecule has 0 saturated carbocycles. The minimum Gasteiger partial charge on any atom is -0.493 e. The van der Waals surface area contributed by atoms with Gasteiger partial charge >= 0.3 is 0 Å². The van der Waals surface area contributed by atoms with Crippen LogP contribution in [0.15, 0.2) is 18.2 Å². The lowest BCUT2D eigenvalue weighted by atomic mass is 9.87. The molecule has 1 aromatic rings. The molecule has 0 fully saturated rings. The van der Waals surface area contributed by atoms with E-state index in [4.69, 9.17) is 4.74 Å². The van der Waals surface area contributed by atoms with E-state index in [-0.39, 0.29) is 0 Å². The minimum absolute atomic E-state index is 0.517. The van der Waals surface area contributed by atoms with Gasteiger partial charge in [0.1, 0.15) is 5.75 Å². The summed E-state index contributed by atoms with van der Waals surface area (Å²) in [4.78, 5) is 0. The molecule has 0 heterocycles. The summed E-state index contributed by atoms with van der Waals surface area (Å²) in [6.45, 7) is 6.26. The molecule has 1 aromatic carbocycles. The number of ether oxygens (including phenoxy) is 1. The zero-order valence-corrected chi connectivity index (χ0v) is 13.6. The molecule has 20 heavy (non-hydrogen) atoms. The third-order valence-corrected chi connectivity index (χ3v) is 4.80. The maximum Gasteiger partial charge on any atom is 0.122 e. The van der Waals surface area contributed by atoms with Crippen molar-refractivity contribution in [3.05, 3.63) is 29.3 Å². The largest absolute Gasteiger partial charge is 0.493 e. The van der Waals surface area contributed by atoms with E-state index in [1.165, 1.54) is 35.5 Å². The molecule has 1 aliphatic carbocycles. The van der Waals surface area contributed by atoms with Crippen LogP contribution in [0.5, 0.6) is 5.75 Å². The van der Waals surface area contributed by atoms with Crippen molar-refractivity contribution in [2.24, 2.45) is 0 Å². The van der Waals surface area contributed by atoms with Crippen LogP contribution >= 0.6 is 11.8 Å². The number of benzene rings is 1. The summed E-state index contributed by atoms with van der Waals surface area (Å²) in [5.74, 6) is 3.52. The van der Waals surface area contributed by atoms with Crippen molar-refractivity contribution in [1.29, 1.82) is 0 Å². The molecule has 0 saturated heterocycles. The van der Waals surface area contributed by atoms with Crippen LogP contribution in [0.2, 0.25) is 0 Å². The van der Waals surface area contributed by atoms with Crippen molar-refractivity contribution in [3.8, 4) is 5.75 Å². The highest BCUT2D eigenvalue weighted by Gasteiger charge is 2.21. The third kappa shape index (κ3) is 4.16. The molecular weight excluding hydrogens is 266 g/mol. The Kier molecular flexibility index (Phi) is 6.74. The predicted octanol–water partition coefficient (Wildman–Crippen LogP) is 4.20. The topological polar surface area (TPSA) is 21.3 Å². The monoisotopic (exact) mass is 293 g/mol. The zero-order valence-electron chi connectivity index (χ0n) is 12.8. The standard InChI is InChI=1S/C17H27NOS/c1-3-18-16-10-5-9-15-14(16)8-6-11-17(15)19-12-7-13-20-4-2/h6,8,11,16,18H,3-5,7,9-10,12-13H2,1-2H3. The van der Waals surface area contributed by atoms with Crippen LogP contribution in [0.1, 0.15) is 50.3 Å². The molecular formula is C17H27NOS. The van der Waals surface area contributed by atoms with E-state index in [2.05, 4.69) is 37.4 Å². The van der Waals surface area contributed by atoms with Gasteiger partial charge in [0, 0.05) is 6.04 Å². The van der Waals surface area contributed by atoms with E-state index in [1.807, 2.05) is 11.8 Å². The molecule has 1 atom stereocenters. The average Bonchev–Trinajstić information content (AvgIpc) is 2.48. The molecule has 0 spiro atoms. The molecule has 0 aliphatic heterocycles. The lowest BCUT2D eigenvalue weighted by Gasteiger charge is -2.27. The Balaban J connectivity index is 1.98. The summed E-state index contributed by atoms with van der Waals surface area (Å²) >= 11 is 1.99. The Hall–Kier alpha value is -0.670. The number of rotatable bonds is 8. The Morgan fingerprint density at radius 3 is 3.05 bits per heavy atom. The van der Waals surface area contributed by atoms with Crippen molar-refractivity contribution < 1.29 is 4.74 Å². The highest BCUT2D eigenvalue weighted by molar-refractivity contribution is 7.99. The van der Waals surface area contributed by atoms with Crippen molar-refractivity contribution in [1.82, 2.24) is 5.32 Å². The zero-order chi connectivity index (χ0) is 14.2. The van der Waals surface area contributed by atoms with E-state index >= 15 is 0 Å². The molecule has 0 amide bonds. The molecule has 0 bridgehead atoms. The van der Waals surface area contributed by atoms with E-state index in [1.54, 1.807) is 0 Å². The maximum atomic E-state index is 6.04. The van der Waals surface area contributed by atoms with Crippen molar-refractivity contribution in [2.75, 3.05) is 24.7 Å². The van der Waals surface area contributed by atoms with Crippen LogP contribution in [-0.4, -0.2) is 24.7 Å². The van der Waals surface area contributed by atoms with Gasteiger partial charge < -0.3 is 10.1 Å². The SMILES string of the molecule is CCNC1CCCc2c(OCCCSCC)cccc21. The van der Waals surface area contributed by atoms with Crippen molar-refractivity contribution in [3.63, 3.8) is 0 Å². The van der Waals surface area contributed by atoms with Crippen LogP contribution in [0.4, 0.5) is 0 Å². The van der Waals surface area contributed by atoms with Crippen LogP contribution in [0.25, 0.3) is 0 Å². The van der Waals surface area contributed by atoms with Crippen LogP contribution < -0.4 is 10.1 Å². The van der Waals surface area contributed by atoms with Gasteiger partial charge in [-0.15, -0.1) is 0 Å². The summed E-state index contributed by atoms with van der Waals surface area (Å²) < 4.78 is 6.04. The molecule has 0 aromatic heterocycles. The normalized spacial score (nSPS) is 17.8. The fraction of sp³-hybridized carbons (Fsp3) is 0.647. The average molecular weight is 293 g/mol. The van der Waals surface area contributed by atoms with Crippen molar-refractivity contribution >= 4 is 11.8 Å². The summed E-state index contributed by atoms with van der Waals surface area (Å²) in [5, 5.41) is 3.59. The number of hydrogen-bond donors (Lipinski definition) is 1. The summed E-state index contributed by atoms with van der Waals surface area (Å²) in [7, 11) is 0. The van der Waals surface area contributed by atoms with Crippen molar-refractivity contribution in [2.45, 2.75) is 45.6 Å². The molecule has 1 aliphatic rings. The van der Waals surface area contributed by atoms with Crippen LogP contribution in [0.3, 0.4) is 0 Å². The lowest BCUT2D eigenvalue weighted by Crippen LogP contribution is -2.25. The van der Waals surface area contributed by atoms with Gasteiger partial charge in [-0.1, -0.05) is 26.0 Å². The van der Waals surface area contributed by atoms with E-state index in [0.29, 0.717) is 6.04 Å². The molecule has 112 valence electrons. The first-order valence-corrected chi connectivity index (χ1v) is 9.08.